The molecule has 1 heterocycles. The summed E-state index contributed by atoms with van der Waals surface area (Å²) in [6, 6.07) is 14.2. The first-order valence-corrected chi connectivity index (χ1v) is 8.84. The molecule has 24 heavy (non-hydrogen) atoms. The van der Waals surface area contributed by atoms with E-state index in [0.717, 1.165) is 16.6 Å². The number of amides is 1. The maximum absolute atomic E-state index is 12.6. The van der Waals surface area contributed by atoms with E-state index in [1.54, 1.807) is 13.0 Å². The van der Waals surface area contributed by atoms with Crippen LogP contribution in [0.5, 0.6) is 0 Å². The monoisotopic (exact) mass is 342 g/mol. The van der Waals surface area contributed by atoms with E-state index in [4.69, 9.17) is 5.73 Å². The van der Waals surface area contributed by atoms with Crippen LogP contribution in [0.25, 0.3) is 11.0 Å². The van der Waals surface area contributed by atoms with Crippen molar-refractivity contribution >= 4 is 33.4 Å². The molecule has 0 saturated carbocycles. The van der Waals surface area contributed by atoms with Crippen molar-refractivity contribution in [3.05, 3.63) is 54.1 Å². The fourth-order valence-electron chi connectivity index (χ4n) is 2.26. The lowest BCUT2D eigenvalue weighted by Gasteiger charge is -2.12. The molecule has 0 spiro atoms. The molecule has 1 aromatic heterocycles. The van der Waals surface area contributed by atoms with Gasteiger partial charge in [0.1, 0.15) is 0 Å². The van der Waals surface area contributed by atoms with Gasteiger partial charge in [-0.3, -0.25) is 9.00 Å². The van der Waals surface area contributed by atoms with Gasteiger partial charge in [0.15, 0.2) is 5.16 Å². The van der Waals surface area contributed by atoms with Crippen LogP contribution in [0.2, 0.25) is 0 Å². The molecule has 0 radical (unpaired) electrons. The van der Waals surface area contributed by atoms with Gasteiger partial charge in [-0.1, -0.05) is 30.3 Å². The SMILES string of the molecule is C[C@H](N)C(=O)Nc1ccccc1CS(=O)c1nc2ccccc2[nH]1. The van der Waals surface area contributed by atoms with Crippen LogP contribution in [0.4, 0.5) is 5.69 Å². The minimum absolute atomic E-state index is 0.245. The number of fused-ring (bicyclic) bond motifs is 1. The van der Waals surface area contributed by atoms with Crippen LogP contribution in [-0.2, 0) is 21.3 Å². The Labute approximate surface area is 141 Å². The molecule has 6 nitrogen and oxygen atoms in total. The molecule has 2 atom stereocenters. The Kier molecular flexibility index (Phi) is 4.73. The summed E-state index contributed by atoms with van der Waals surface area (Å²) in [5.41, 5.74) is 8.59. The van der Waals surface area contributed by atoms with E-state index >= 15 is 0 Å². The van der Waals surface area contributed by atoms with Crippen molar-refractivity contribution in [2.75, 3.05) is 5.32 Å². The molecular formula is C17H18N4O2S. The second kappa shape index (κ2) is 6.94. The minimum atomic E-state index is -1.35. The summed E-state index contributed by atoms with van der Waals surface area (Å²) in [6.45, 7) is 1.62. The van der Waals surface area contributed by atoms with Crippen LogP contribution in [0.15, 0.2) is 53.7 Å². The Balaban J connectivity index is 1.82. The molecule has 124 valence electrons. The van der Waals surface area contributed by atoms with Crippen molar-refractivity contribution in [1.29, 1.82) is 0 Å². The van der Waals surface area contributed by atoms with Crippen LogP contribution in [0, 0.1) is 0 Å². The van der Waals surface area contributed by atoms with Crippen molar-refractivity contribution in [1.82, 2.24) is 9.97 Å². The number of para-hydroxylation sites is 3. The summed E-state index contributed by atoms with van der Waals surface area (Å²) in [7, 11) is -1.35. The van der Waals surface area contributed by atoms with E-state index in [-0.39, 0.29) is 11.7 Å². The van der Waals surface area contributed by atoms with Gasteiger partial charge in [-0.05, 0) is 30.7 Å². The maximum Gasteiger partial charge on any atom is 0.241 e. The highest BCUT2D eigenvalue weighted by Gasteiger charge is 2.15. The highest BCUT2D eigenvalue weighted by molar-refractivity contribution is 7.84. The highest BCUT2D eigenvalue weighted by atomic mass is 32.2. The second-order valence-corrected chi connectivity index (χ2v) is 6.85. The predicted octanol–water partition coefficient (Wildman–Crippen LogP) is 2.16. The molecule has 2 aromatic carbocycles. The number of nitrogens with zero attached hydrogens (tertiary/aromatic N) is 1. The molecule has 0 fully saturated rings. The van der Waals surface area contributed by atoms with Gasteiger partial charge in [0.2, 0.25) is 5.91 Å². The Morgan fingerprint density at radius 1 is 1.25 bits per heavy atom. The third-order valence-electron chi connectivity index (χ3n) is 3.56. The van der Waals surface area contributed by atoms with Crippen LogP contribution in [0.3, 0.4) is 0 Å². The molecule has 0 bridgehead atoms. The molecule has 3 rings (SSSR count). The average Bonchev–Trinajstić information content (AvgIpc) is 3.00. The number of nitrogens with two attached hydrogens (primary N) is 1. The number of aromatic amines is 1. The molecule has 1 unspecified atom stereocenters. The van der Waals surface area contributed by atoms with E-state index in [0.29, 0.717) is 10.8 Å². The van der Waals surface area contributed by atoms with Crippen LogP contribution < -0.4 is 11.1 Å². The smallest absolute Gasteiger partial charge is 0.241 e. The first-order valence-electron chi connectivity index (χ1n) is 7.52. The number of benzene rings is 2. The molecule has 1 amide bonds. The quantitative estimate of drug-likeness (QED) is 0.661. The maximum atomic E-state index is 12.6. The van der Waals surface area contributed by atoms with Gasteiger partial charge in [-0.25, -0.2) is 4.98 Å². The zero-order chi connectivity index (χ0) is 17.1. The Morgan fingerprint density at radius 2 is 1.96 bits per heavy atom. The number of aromatic nitrogens is 2. The molecule has 0 aliphatic rings. The number of nitrogens with one attached hydrogen (secondary N) is 2. The molecule has 0 saturated heterocycles. The number of H-pyrrole nitrogens is 1. The van der Waals surface area contributed by atoms with Crippen molar-refractivity contribution in [3.63, 3.8) is 0 Å². The lowest BCUT2D eigenvalue weighted by atomic mass is 10.2. The van der Waals surface area contributed by atoms with Crippen LogP contribution in [0.1, 0.15) is 12.5 Å². The van der Waals surface area contributed by atoms with Gasteiger partial charge in [-0.15, -0.1) is 0 Å². The van der Waals surface area contributed by atoms with E-state index in [1.165, 1.54) is 0 Å². The van der Waals surface area contributed by atoms with Crippen LogP contribution >= 0.6 is 0 Å². The predicted molar refractivity (Wildman–Crippen MR) is 94.9 cm³/mol. The van der Waals surface area contributed by atoms with Gasteiger partial charge in [0, 0.05) is 5.69 Å². The number of hydrogen-bond donors (Lipinski definition) is 3. The largest absolute Gasteiger partial charge is 0.331 e. The van der Waals surface area contributed by atoms with Gasteiger partial charge < -0.3 is 16.0 Å². The van der Waals surface area contributed by atoms with Crippen molar-refractivity contribution in [2.45, 2.75) is 23.9 Å². The summed E-state index contributed by atoms with van der Waals surface area (Å²) in [5.74, 6) is -0.0353. The number of carbonyl (C=O) groups excluding carboxylic acids is 1. The summed E-state index contributed by atoms with van der Waals surface area (Å²) >= 11 is 0. The summed E-state index contributed by atoms with van der Waals surface area (Å²) in [6.07, 6.45) is 0. The summed E-state index contributed by atoms with van der Waals surface area (Å²) < 4.78 is 12.6. The molecule has 0 aliphatic carbocycles. The lowest BCUT2D eigenvalue weighted by molar-refractivity contribution is -0.117. The van der Waals surface area contributed by atoms with Gasteiger partial charge >= 0.3 is 0 Å². The Hall–Kier alpha value is -2.51. The summed E-state index contributed by atoms with van der Waals surface area (Å²) in [4.78, 5) is 19.2. The normalized spacial score (nSPS) is 13.6. The van der Waals surface area contributed by atoms with Gasteiger partial charge in [0.25, 0.3) is 0 Å². The van der Waals surface area contributed by atoms with E-state index in [2.05, 4.69) is 15.3 Å². The van der Waals surface area contributed by atoms with Crippen molar-refractivity contribution in [2.24, 2.45) is 5.73 Å². The number of rotatable bonds is 5. The van der Waals surface area contributed by atoms with E-state index in [9.17, 15) is 9.00 Å². The van der Waals surface area contributed by atoms with Gasteiger partial charge in [0.05, 0.1) is 33.6 Å². The Morgan fingerprint density at radius 3 is 2.71 bits per heavy atom. The molecule has 4 N–H and O–H groups in total. The first kappa shape index (κ1) is 16.4. The molecule has 7 heteroatoms. The van der Waals surface area contributed by atoms with Gasteiger partial charge in [-0.2, -0.15) is 0 Å². The standard InChI is InChI=1S/C17H18N4O2S/c1-11(18)16(22)19-13-7-3-2-6-12(13)10-24(23)17-20-14-8-4-5-9-15(14)21-17/h2-9,11H,10,18H2,1H3,(H,19,22)(H,20,21)/t11-,24?/m0/s1. The summed E-state index contributed by atoms with van der Waals surface area (Å²) in [5, 5.41) is 3.19. The average molecular weight is 342 g/mol. The van der Waals surface area contributed by atoms with Crippen molar-refractivity contribution < 1.29 is 9.00 Å². The minimum Gasteiger partial charge on any atom is -0.331 e. The zero-order valence-electron chi connectivity index (χ0n) is 13.2. The first-order chi connectivity index (χ1) is 11.5. The Bertz CT molecular complexity index is 871. The fourth-order valence-corrected chi connectivity index (χ4v) is 3.36. The van der Waals surface area contributed by atoms with Crippen LogP contribution in [-0.4, -0.2) is 26.1 Å². The number of carbonyl (C=O) groups is 1. The second-order valence-electron chi connectivity index (χ2n) is 5.48. The third kappa shape index (κ3) is 3.52. The fraction of sp³-hybridized carbons (Fsp3) is 0.176. The van der Waals surface area contributed by atoms with E-state index < -0.39 is 16.8 Å². The van der Waals surface area contributed by atoms with E-state index in [1.807, 2.05) is 42.5 Å². The topological polar surface area (TPSA) is 101 Å². The lowest BCUT2D eigenvalue weighted by Crippen LogP contribution is -2.32. The van der Waals surface area contributed by atoms with Crippen molar-refractivity contribution in [3.8, 4) is 0 Å². The molecule has 0 aliphatic heterocycles. The highest BCUT2D eigenvalue weighted by Crippen LogP contribution is 2.20. The number of imidazole rings is 1. The number of hydrogen-bond acceptors (Lipinski definition) is 4. The molecular weight excluding hydrogens is 324 g/mol. The zero-order valence-corrected chi connectivity index (χ0v) is 14.0. The third-order valence-corrected chi connectivity index (χ3v) is 4.76. The number of anilines is 1. The molecule has 3 aromatic rings.